The number of nitrogens with two attached hydrogens (primary N) is 1. The number of nitrogens with one attached hydrogen (secondary N) is 1. The minimum atomic E-state index is -1.08. The van der Waals surface area contributed by atoms with Gasteiger partial charge >= 0.3 is 5.97 Å². The van der Waals surface area contributed by atoms with E-state index in [0.29, 0.717) is 54.6 Å². The number of hydrogen-bond acceptors (Lipinski definition) is 7. The Kier molecular flexibility index (Phi) is 8.88. The van der Waals surface area contributed by atoms with Crippen LogP contribution in [0.15, 0.2) is 24.3 Å². The van der Waals surface area contributed by atoms with Crippen LogP contribution in [0.25, 0.3) is 0 Å². The Hall–Kier alpha value is -4.08. The largest absolute Gasteiger partial charge is 0.493 e. The first-order chi connectivity index (χ1) is 18.3. The van der Waals surface area contributed by atoms with Gasteiger partial charge in [-0.05, 0) is 56.0 Å². The first-order valence-corrected chi connectivity index (χ1v) is 13.1. The van der Waals surface area contributed by atoms with Crippen molar-refractivity contribution in [2.24, 2.45) is 5.73 Å². The van der Waals surface area contributed by atoms with E-state index >= 15 is 0 Å². The van der Waals surface area contributed by atoms with Crippen LogP contribution in [0.4, 0.5) is 5.69 Å². The highest BCUT2D eigenvalue weighted by Crippen LogP contribution is 2.41. The van der Waals surface area contributed by atoms with Gasteiger partial charge in [0.1, 0.15) is 17.3 Å². The van der Waals surface area contributed by atoms with Crippen molar-refractivity contribution >= 4 is 29.2 Å². The first-order valence-electron chi connectivity index (χ1n) is 13.1. The van der Waals surface area contributed by atoms with Gasteiger partial charge in [-0.3, -0.25) is 15.0 Å². The Morgan fingerprint density at radius 3 is 2.28 bits per heavy atom. The van der Waals surface area contributed by atoms with Crippen molar-refractivity contribution in [3.05, 3.63) is 52.1 Å². The number of carbonyl (C=O) groups excluding carboxylic acids is 2. The Morgan fingerprint density at radius 2 is 1.74 bits per heavy atom. The van der Waals surface area contributed by atoms with E-state index in [1.54, 1.807) is 36.1 Å². The second kappa shape index (κ2) is 11.8. The fourth-order valence-electron chi connectivity index (χ4n) is 4.71. The standard InChI is InChI=1S/C29H38N4O6/c1-7-32(8-2)22-11-17(10-21(29(4,5)6)26(22)39-16-25(35)36)23(34)15-33-14-18-12-24(38-9-3)20(28(31)37)13-19(18)27(33)30/h10-13,30H,7-9,14-16H2,1-6H3,(H2,31,37)(H,35,36). The molecule has 2 aromatic carbocycles. The van der Waals surface area contributed by atoms with Crippen LogP contribution in [0.1, 0.15) is 78.9 Å². The monoisotopic (exact) mass is 538 g/mol. The van der Waals surface area contributed by atoms with E-state index in [1.165, 1.54) is 0 Å². The van der Waals surface area contributed by atoms with Crippen LogP contribution in [0.3, 0.4) is 0 Å². The number of Topliss-reactive ketones (excluding diaryl/α,β-unsaturated/α-hetero) is 1. The van der Waals surface area contributed by atoms with Gasteiger partial charge in [0.05, 0.1) is 24.4 Å². The zero-order valence-electron chi connectivity index (χ0n) is 23.5. The summed E-state index contributed by atoms with van der Waals surface area (Å²) >= 11 is 0. The highest BCUT2D eigenvalue weighted by atomic mass is 16.5. The Morgan fingerprint density at radius 1 is 1.08 bits per heavy atom. The molecule has 0 saturated heterocycles. The van der Waals surface area contributed by atoms with Gasteiger partial charge in [-0.2, -0.15) is 0 Å². The summed E-state index contributed by atoms with van der Waals surface area (Å²) < 4.78 is 11.4. The summed E-state index contributed by atoms with van der Waals surface area (Å²) in [6, 6.07) is 6.77. The van der Waals surface area contributed by atoms with Crippen LogP contribution in [0, 0.1) is 5.41 Å². The third-order valence-electron chi connectivity index (χ3n) is 6.68. The second-order valence-electron chi connectivity index (χ2n) is 10.4. The maximum Gasteiger partial charge on any atom is 0.341 e. The molecule has 210 valence electrons. The molecule has 0 radical (unpaired) electrons. The number of ether oxygens (including phenoxy) is 2. The van der Waals surface area contributed by atoms with Gasteiger partial charge in [0.15, 0.2) is 12.4 Å². The highest BCUT2D eigenvalue weighted by Gasteiger charge is 2.31. The van der Waals surface area contributed by atoms with Gasteiger partial charge in [0, 0.05) is 36.3 Å². The number of fused-ring (bicyclic) bond motifs is 1. The average molecular weight is 539 g/mol. The third kappa shape index (κ3) is 6.32. The molecular weight excluding hydrogens is 500 g/mol. The molecular formula is C29H38N4O6. The number of amides is 1. The zero-order valence-corrected chi connectivity index (χ0v) is 23.5. The lowest BCUT2D eigenvalue weighted by atomic mass is 9.84. The minimum Gasteiger partial charge on any atom is -0.493 e. The van der Waals surface area contributed by atoms with Crippen LogP contribution >= 0.6 is 0 Å². The number of carbonyl (C=O) groups is 3. The number of carboxylic acid groups (broad SMARTS) is 1. The molecule has 39 heavy (non-hydrogen) atoms. The van der Waals surface area contributed by atoms with E-state index in [-0.39, 0.29) is 23.7 Å². The summed E-state index contributed by atoms with van der Waals surface area (Å²) in [4.78, 5) is 40.6. The normalized spacial score (nSPS) is 12.8. The van der Waals surface area contributed by atoms with E-state index < -0.39 is 23.9 Å². The molecule has 0 saturated carbocycles. The topological polar surface area (TPSA) is 146 Å². The summed E-state index contributed by atoms with van der Waals surface area (Å²) in [5.74, 6) is -0.983. The molecule has 0 spiro atoms. The van der Waals surface area contributed by atoms with Crippen LogP contribution < -0.4 is 20.1 Å². The number of amidine groups is 1. The van der Waals surface area contributed by atoms with Gasteiger partial charge in [-0.25, -0.2) is 4.79 Å². The van der Waals surface area contributed by atoms with Crippen molar-refractivity contribution in [2.75, 3.05) is 37.7 Å². The Bertz CT molecular complexity index is 1290. The predicted molar refractivity (Wildman–Crippen MR) is 150 cm³/mol. The molecule has 1 aliphatic rings. The van der Waals surface area contributed by atoms with Crippen LogP contribution in [-0.2, 0) is 16.8 Å². The first kappa shape index (κ1) is 29.5. The number of ketones is 1. The summed E-state index contributed by atoms with van der Waals surface area (Å²) in [5.41, 5.74) is 8.43. The molecule has 0 unspecified atom stereocenters. The molecule has 1 heterocycles. The quantitative estimate of drug-likeness (QED) is 0.346. The van der Waals surface area contributed by atoms with Crippen molar-refractivity contribution in [2.45, 2.75) is 53.5 Å². The van der Waals surface area contributed by atoms with Crippen LogP contribution in [0.2, 0.25) is 0 Å². The summed E-state index contributed by atoms with van der Waals surface area (Å²) in [7, 11) is 0. The number of anilines is 1. The molecule has 0 atom stereocenters. The fourth-order valence-corrected chi connectivity index (χ4v) is 4.71. The number of rotatable bonds is 12. The number of hydrogen-bond donors (Lipinski definition) is 3. The molecule has 0 aliphatic carbocycles. The van der Waals surface area contributed by atoms with Crippen LogP contribution in [-0.4, -0.2) is 66.3 Å². The smallest absolute Gasteiger partial charge is 0.341 e. The van der Waals surface area contributed by atoms with E-state index in [1.807, 2.05) is 39.5 Å². The van der Waals surface area contributed by atoms with E-state index in [0.717, 1.165) is 11.1 Å². The number of nitrogens with zero attached hydrogens (tertiary/aromatic N) is 2. The molecule has 1 amide bonds. The predicted octanol–water partition coefficient (Wildman–Crippen LogP) is 3.82. The lowest BCUT2D eigenvalue weighted by Crippen LogP contribution is -2.31. The lowest BCUT2D eigenvalue weighted by molar-refractivity contribution is -0.139. The molecule has 4 N–H and O–H groups in total. The van der Waals surface area contributed by atoms with Crippen LogP contribution in [0.5, 0.6) is 11.5 Å². The molecule has 0 aromatic heterocycles. The number of benzene rings is 2. The number of carboxylic acids is 1. The number of primary amides is 1. The van der Waals surface area contributed by atoms with Crippen molar-refractivity contribution in [3.8, 4) is 11.5 Å². The lowest BCUT2D eigenvalue weighted by Gasteiger charge is -2.30. The molecule has 0 fully saturated rings. The van der Waals surface area contributed by atoms with Crippen molar-refractivity contribution < 1.29 is 29.0 Å². The SMILES string of the molecule is CCOc1cc2c(cc1C(N)=O)C(=N)N(CC(=O)c1cc(N(CC)CC)c(OCC(=O)O)c(C(C)(C)C)c1)C2. The van der Waals surface area contributed by atoms with E-state index in [4.69, 9.17) is 20.6 Å². The molecule has 2 aromatic rings. The van der Waals surface area contributed by atoms with Gasteiger partial charge in [-0.1, -0.05) is 20.8 Å². The molecule has 10 nitrogen and oxygen atoms in total. The molecule has 10 heteroatoms. The van der Waals surface area contributed by atoms with Gasteiger partial charge in [-0.15, -0.1) is 0 Å². The summed E-state index contributed by atoms with van der Waals surface area (Å²) in [5, 5.41) is 17.9. The second-order valence-corrected chi connectivity index (χ2v) is 10.4. The maximum atomic E-state index is 13.7. The highest BCUT2D eigenvalue weighted by molar-refractivity contribution is 6.07. The molecule has 3 rings (SSSR count). The Labute approximate surface area is 229 Å². The number of aliphatic carboxylic acids is 1. The maximum absolute atomic E-state index is 13.7. The molecule has 1 aliphatic heterocycles. The fraction of sp³-hybridized carbons (Fsp3) is 0.448. The van der Waals surface area contributed by atoms with Crippen molar-refractivity contribution in [1.29, 1.82) is 5.41 Å². The summed E-state index contributed by atoms with van der Waals surface area (Å²) in [6.45, 7) is 13.1. The van der Waals surface area contributed by atoms with Gasteiger partial charge in [0.2, 0.25) is 0 Å². The third-order valence-corrected chi connectivity index (χ3v) is 6.68. The van der Waals surface area contributed by atoms with Crippen molar-refractivity contribution in [1.82, 2.24) is 4.90 Å². The minimum absolute atomic E-state index is 0.0556. The van der Waals surface area contributed by atoms with E-state index in [2.05, 4.69) is 0 Å². The summed E-state index contributed by atoms with van der Waals surface area (Å²) in [6.07, 6.45) is 0. The van der Waals surface area contributed by atoms with Gasteiger partial charge in [0.25, 0.3) is 5.91 Å². The molecule has 0 bridgehead atoms. The van der Waals surface area contributed by atoms with Crippen molar-refractivity contribution in [3.63, 3.8) is 0 Å². The average Bonchev–Trinajstić information content (AvgIpc) is 3.16. The zero-order chi connectivity index (χ0) is 29.1. The van der Waals surface area contributed by atoms with Gasteiger partial charge < -0.3 is 30.1 Å². The van der Waals surface area contributed by atoms with E-state index in [9.17, 15) is 19.5 Å². The Balaban J connectivity index is 2.00.